The molecule has 9 nitrogen and oxygen atoms in total. The van der Waals surface area contributed by atoms with E-state index in [0.29, 0.717) is 22.6 Å². The number of esters is 1. The smallest absolute Gasteiger partial charge is 0.323 e. The van der Waals surface area contributed by atoms with Crippen molar-refractivity contribution in [3.63, 3.8) is 0 Å². The monoisotopic (exact) mass is 516 g/mol. The van der Waals surface area contributed by atoms with Gasteiger partial charge < -0.3 is 20.7 Å². The number of anilines is 4. The van der Waals surface area contributed by atoms with Crippen LogP contribution in [-0.4, -0.2) is 30.9 Å². The van der Waals surface area contributed by atoms with Gasteiger partial charge >= 0.3 is 12.0 Å². The van der Waals surface area contributed by atoms with Crippen molar-refractivity contribution in [3.8, 4) is 0 Å². The Morgan fingerprint density at radius 3 is 1.97 bits per heavy atom. The van der Waals surface area contributed by atoms with E-state index < -0.39 is 12.0 Å². The van der Waals surface area contributed by atoms with Crippen LogP contribution in [0.5, 0.6) is 0 Å². The van der Waals surface area contributed by atoms with Gasteiger partial charge in [-0.15, -0.1) is 0 Å². The Hall–Kier alpha value is -4.66. The zero-order chi connectivity index (χ0) is 27.8. The lowest BCUT2D eigenvalue weighted by atomic mass is 10.0. The van der Waals surface area contributed by atoms with Gasteiger partial charge in [0.25, 0.3) is 0 Å². The van der Waals surface area contributed by atoms with Gasteiger partial charge in [0.15, 0.2) is 0 Å². The molecule has 4 amide bonds. The maximum Gasteiger partial charge on any atom is 0.323 e. The highest BCUT2D eigenvalue weighted by atomic mass is 16.5. The Morgan fingerprint density at radius 1 is 0.816 bits per heavy atom. The average molecular weight is 517 g/mol. The fourth-order valence-electron chi connectivity index (χ4n) is 4.03. The highest BCUT2D eigenvalue weighted by molar-refractivity contribution is 6.02. The topological polar surface area (TPSA) is 117 Å². The van der Waals surface area contributed by atoms with Crippen molar-refractivity contribution in [3.05, 3.63) is 83.4 Å². The predicted octanol–water partition coefficient (Wildman–Crippen LogP) is 5.37. The number of amides is 4. The van der Waals surface area contributed by atoms with Crippen LogP contribution >= 0.6 is 0 Å². The van der Waals surface area contributed by atoms with E-state index in [4.69, 9.17) is 4.74 Å². The van der Waals surface area contributed by atoms with Crippen LogP contribution in [0.4, 0.5) is 27.5 Å². The van der Waals surface area contributed by atoms with Crippen LogP contribution in [0, 0.1) is 13.8 Å². The summed E-state index contributed by atoms with van der Waals surface area (Å²) < 4.78 is 4.74. The van der Waals surface area contributed by atoms with Gasteiger partial charge in [-0.25, -0.2) is 4.79 Å². The van der Waals surface area contributed by atoms with Crippen LogP contribution in [0.3, 0.4) is 0 Å². The highest BCUT2D eigenvalue weighted by Crippen LogP contribution is 2.31. The molecule has 0 saturated heterocycles. The third-order valence-corrected chi connectivity index (χ3v) is 5.95. The molecule has 1 atom stereocenters. The van der Waals surface area contributed by atoms with Crippen LogP contribution < -0.4 is 20.9 Å². The molecule has 0 bridgehead atoms. The standard InChI is InChI=1S/C29H32N4O5/c1-18-8-6-7-9-25(18)31-29(37)32-26-15-14-24(16-19(26)2)33(21(4)35)23-12-10-22(11-13-23)27(30-20(3)34)17-28(36)38-5/h6-16,27H,17H2,1-5H3,(H,30,34)(H2,31,32,37)/t27-/m1/s1. The maximum atomic E-state index is 12.6. The van der Waals surface area contributed by atoms with Crippen LogP contribution in [0.2, 0.25) is 0 Å². The van der Waals surface area contributed by atoms with Crippen molar-refractivity contribution in [1.82, 2.24) is 5.32 Å². The summed E-state index contributed by atoms with van der Waals surface area (Å²) in [6.45, 7) is 6.60. The molecule has 0 spiro atoms. The summed E-state index contributed by atoms with van der Waals surface area (Å²) in [5.74, 6) is -0.928. The van der Waals surface area contributed by atoms with E-state index in [9.17, 15) is 19.2 Å². The number of rotatable bonds is 8. The van der Waals surface area contributed by atoms with Gasteiger partial charge in [-0.2, -0.15) is 0 Å². The fraction of sp³-hybridized carbons (Fsp3) is 0.241. The lowest BCUT2D eigenvalue weighted by Gasteiger charge is -2.24. The first-order valence-corrected chi connectivity index (χ1v) is 12.1. The van der Waals surface area contributed by atoms with Crippen molar-refractivity contribution in [2.75, 3.05) is 22.6 Å². The Bertz CT molecular complexity index is 1340. The fourth-order valence-corrected chi connectivity index (χ4v) is 4.03. The van der Waals surface area contributed by atoms with E-state index in [0.717, 1.165) is 16.8 Å². The molecule has 0 unspecified atom stereocenters. The summed E-state index contributed by atoms with van der Waals surface area (Å²) in [7, 11) is 1.29. The number of carbonyl (C=O) groups excluding carboxylic acids is 4. The Balaban J connectivity index is 1.80. The van der Waals surface area contributed by atoms with Crippen LogP contribution in [0.1, 0.15) is 43.0 Å². The van der Waals surface area contributed by atoms with E-state index in [2.05, 4.69) is 16.0 Å². The third-order valence-electron chi connectivity index (χ3n) is 5.95. The number of nitrogens with one attached hydrogen (secondary N) is 3. The predicted molar refractivity (Wildman–Crippen MR) is 147 cm³/mol. The molecule has 3 aromatic rings. The number of ether oxygens (including phenoxy) is 1. The quantitative estimate of drug-likeness (QED) is 0.348. The minimum Gasteiger partial charge on any atom is -0.469 e. The lowest BCUT2D eigenvalue weighted by Crippen LogP contribution is -2.28. The molecule has 0 aliphatic carbocycles. The molecule has 0 aliphatic heterocycles. The summed E-state index contributed by atoms with van der Waals surface area (Å²) >= 11 is 0. The first-order chi connectivity index (χ1) is 18.1. The van der Waals surface area contributed by atoms with E-state index in [1.807, 2.05) is 44.2 Å². The van der Waals surface area contributed by atoms with E-state index in [-0.39, 0.29) is 24.3 Å². The summed E-state index contributed by atoms with van der Waals surface area (Å²) in [5, 5.41) is 8.44. The minimum atomic E-state index is -0.557. The van der Waals surface area contributed by atoms with Crippen molar-refractivity contribution in [1.29, 1.82) is 0 Å². The minimum absolute atomic E-state index is 0.0169. The van der Waals surface area contributed by atoms with Crippen LogP contribution in [-0.2, 0) is 19.1 Å². The lowest BCUT2D eigenvalue weighted by molar-refractivity contribution is -0.141. The van der Waals surface area contributed by atoms with Crippen molar-refractivity contribution >= 4 is 46.6 Å². The number of nitrogens with zero attached hydrogens (tertiary/aromatic N) is 1. The largest absolute Gasteiger partial charge is 0.469 e. The molecule has 3 aromatic carbocycles. The molecule has 198 valence electrons. The first-order valence-electron chi connectivity index (χ1n) is 12.1. The molecule has 0 heterocycles. The van der Waals surface area contributed by atoms with Crippen LogP contribution in [0.15, 0.2) is 66.7 Å². The third kappa shape index (κ3) is 7.19. The molecule has 0 radical (unpaired) electrons. The number of aryl methyl sites for hydroxylation is 2. The first kappa shape index (κ1) is 27.9. The van der Waals surface area contributed by atoms with E-state index in [1.165, 1.54) is 21.0 Å². The second-order valence-corrected chi connectivity index (χ2v) is 8.87. The number of hydrogen-bond acceptors (Lipinski definition) is 5. The molecule has 3 rings (SSSR count). The summed E-state index contributed by atoms with van der Waals surface area (Å²) in [4.78, 5) is 50.1. The Labute approximate surface area is 222 Å². The second kappa shape index (κ2) is 12.5. The molecule has 0 aliphatic rings. The SMILES string of the molecule is COC(=O)C[C@@H](NC(C)=O)c1ccc(N(C(C)=O)c2ccc(NC(=O)Nc3ccccc3C)c(C)c2)cc1. The van der Waals surface area contributed by atoms with Crippen LogP contribution in [0.25, 0.3) is 0 Å². The van der Waals surface area contributed by atoms with Crippen molar-refractivity contribution < 1.29 is 23.9 Å². The highest BCUT2D eigenvalue weighted by Gasteiger charge is 2.20. The zero-order valence-electron chi connectivity index (χ0n) is 22.1. The number of urea groups is 1. The normalized spacial score (nSPS) is 11.2. The molecule has 0 saturated carbocycles. The zero-order valence-corrected chi connectivity index (χ0v) is 22.1. The van der Waals surface area contributed by atoms with Gasteiger partial charge in [0.2, 0.25) is 11.8 Å². The summed E-state index contributed by atoms with van der Waals surface area (Å²) in [6.07, 6.45) is -0.0169. The average Bonchev–Trinajstić information content (AvgIpc) is 2.86. The summed E-state index contributed by atoms with van der Waals surface area (Å²) in [6, 6.07) is 18.9. The second-order valence-electron chi connectivity index (χ2n) is 8.87. The Kier molecular flexibility index (Phi) is 9.21. The van der Waals surface area contributed by atoms with E-state index >= 15 is 0 Å². The molecule has 0 fully saturated rings. The molecular weight excluding hydrogens is 484 g/mol. The number of para-hydroxylation sites is 1. The number of methoxy groups -OCH3 is 1. The number of hydrogen-bond donors (Lipinski definition) is 3. The van der Waals surface area contributed by atoms with E-state index in [1.54, 1.807) is 41.3 Å². The van der Waals surface area contributed by atoms with Gasteiger partial charge in [-0.1, -0.05) is 30.3 Å². The van der Waals surface area contributed by atoms with Gasteiger partial charge in [0, 0.05) is 36.6 Å². The number of carbonyl (C=O) groups is 4. The molecule has 0 aromatic heterocycles. The number of benzene rings is 3. The Morgan fingerprint density at radius 2 is 1.42 bits per heavy atom. The summed E-state index contributed by atoms with van der Waals surface area (Å²) in [5.41, 5.74) is 4.99. The molecule has 38 heavy (non-hydrogen) atoms. The van der Waals surface area contributed by atoms with Crippen molar-refractivity contribution in [2.45, 2.75) is 40.2 Å². The maximum absolute atomic E-state index is 12.6. The molecule has 9 heteroatoms. The van der Waals surface area contributed by atoms with Gasteiger partial charge in [-0.3, -0.25) is 19.3 Å². The molecular formula is C29H32N4O5. The van der Waals surface area contributed by atoms with Crippen molar-refractivity contribution in [2.24, 2.45) is 0 Å². The van der Waals surface area contributed by atoms with Gasteiger partial charge in [-0.05, 0) is 66.9 Å². The molecule has 3 N–H and O–H groups in total. The van der Waals surface area contributed by atoms with Gasteiger partial charge in [0.05, 0.1) is 19.6 Å². The van der Waals surface area contributed by atoms with Gasteiger partial charge in [0.1, 0.15) is 0 Å².